The molecule has 4 aromatic heterocycles. The first-order valence-corrected chi connectivity index (χ1v) is 13.5. The third-order valence-corrected chi connectivity index (χ3v) is 8.11. The normalized spacial score (nSPS) is 12.0. The molecule has 186 valence electrons. The number of fused-ring (bicyclic) bond motifs is 3. The van der Waals surface area contributed by atoms with Crippen LogP contribution in [-0.4, -0.2) is 18.9 Å². The molecule has 4 nitrogen and oxygen atoms in total. The topological polar surface area (TPSA) is 35.1 Å². The number of nitrogens with zero attached hydrogens (tertiary/aromatic N) is 4. The van der Waals surface area contributed by atoms with Gasteiger partial charge in [0.25, 0.3) is 0 Å². The van der Waals surface area contributed by atoms with Crippen LogP contribution in [0.1, 0.15) is 0 Å². The summed E-state index contributed by atoms with van der Waals surface area (Å²) in [7, 11) is 0. The Morgan fingerprint density at radius 3 is 2.17 bits per heavy atom. The summed E-state index contributed by atoms with van der Waals surface area (Å²) in [6.07, 6.45) is 1.84. The molecule has 40 heavy (non-hydrogen) atoms. The zero-order chi connectivity index (χ0) is 26.2. The standard InChI is InChI=1S/C36H22N4/c1-2-10-23(11-3-1)24-12-8-13-25(22-24)39-31-18-9-15-27-26-14-4-5-17-30(26)40-35-28(19-20-32(39)34(35)33(27)31)38-36(40)29-16-6-7-21-37-29/h1-22H. The van der Waals surface area contributed by atoms with Crippen LogP contribution in [0.15, 0.2) is 134 Å². The van der Waals surface area contributed by atoms with Crippen LogP contribution in [0.3, 0.4) is 0 Å². The minimum Gasteiger partial charge on any atom is -0.309 e. The number of benzene rings is 5. The molecule has 0 amide bonds. The maximum Gasteiger partial charge on any atom is 0.164 e. The van der Waals surface area contributed by atoms with Crippen LogP contribution in [-0.2, 0) is 0 Å². The average Bonchev–Trinajstić information content (AvgIpc) is 3.54. The van der Waals surface area contributed by atoms with Crippen molar-refractivity contribution in [2.45, 2.75) is 0 Å². The summed E-state index contributed by atoms with van der Waals surface area (Å²) in [6.45, 7) is 0. The van der Waals surface area contributed by atoms with Gasteiger partial charge in [0.2, 0.25) is 0 Å². The summed E-state index contributed by atoms with van der Waals surface area (Å²) in [4.78, 5) is 9.87. The Kier molecular flexibility index (Phi) is 4.30. The van der Waals surface area contributed by atoms with E-state index in [-0.39, 0.29) is 0 Å². The molecule has 9 aromatic rings. The molecule has 4 heterocycles. The van der Waals surface area contributed by atoms with Crippen molar-refractivity contribution in [2.24, 2.45) is 0 Å². The van der Waals surface area contributed by atoms with Gasteiger partial charge < -0.3 is 4.57 Å². The van der Waals surface area contributed by atoms with Crippen LogP contribution >= 0.6 is 0 Å². The van der Waals surface area contributed by atoms with E-state index in [4.69, 9.17) is 9.97 Å². The molecule has 0 aliphatic rings. The molecule has 5 aromatic carbocycles. The third kappa shape index (κ3) is 2.85. The molecule has 0 aliphatic carbocycles. The predicted octanol–water partition coefficient (Wildman–Crippen LogP) is 8.90. The summed E-state index contributed by atoms with van der Waals surface area (Å²) in [5.74, 6) is 0.857. The number of para-hydroxylation sites is 1. The van der Waals surface area contributed by atoms with E-state index in [1.165, 1.54) is 43.7 Å². The van der Waals surface area contributed by atoms with Gasteiger partial charge in [0.05, 0.1) is 27.6 Å². The third-order valence-electron chi connectivity index (χ3n) is 8.11. The fraction of sp³-hybridized carbons (Fsp3) is 0. The van der Waals surface area contributed by atoms with E-state index in [1.807, 2.05) is 24.4 Å². The number of pyridine rings is 1. The van der Waals surface area contributed by atoms with Gasteiger partial charge in [-0.25, -0.2) is 4.98 Å². The summed E-state index contributed by atoms with van der Waals surface area (Å²) < 4.78 is 4.73. The van der Waals surface area contributed by atoms with E-state index in [9.17, 15) is 0 Å². The molecule has 0 N–H and O–H groups in total. The molecule has 0 fully saturated rings. The molecule has 0 atom stereocenters. The second-order valence-electron chi connectivity index (χ2n) is 10.3. The second kappa shape index (κ2) is 8.01. The van der Waals surface area contributed by atoms with Gasteiger partial charge in [-0.05, 0) is 65.0 Å². The number of imidazole rings is 1. The molecule has 0 saturated heterocycles. The molecule has 0 unspecified atom stereocenters. The number of aromatic nitrogens is 4. The Labute approximate surface area is 229 Å². The first kappa shape index (κ1) is 21.5. The zero-order valence-corrected chi connectivity index (χ0v) is 21.5. The molecule has 0 aliphatic heterocycles. The van der Waals surface area contributed by atoms with Crippen molar-refractivity contribution in [1.82, 2.24) is 18.9 Å². The maximum absolute atomic E-state index is 5.17. The van der Waals surface area contributed by atoms with Crippen LogP contribution < -0.4 is 0 Å². The van der Waals surface area contributed by atoms with Crippen molar-refractivity contribution >= 4 is 49.1 Å². The molecular formula is C36H22N4. The fourth-order valence-corrected chi connectivity index (χ4v) is 6.46. The highest BCUT2D eigenvalue weighted by atomic mass is 15.1. The smallest absolute Gasteiger partial charge is 0.164 e. The van der Waals surface area contributed by atoms with Gasteiger partial charge in [0.1, 0.15) is 5.69 Å². The number of hydrogen-bond acceptors (Lipinski definition) is 2. The van der Waals surface area contributed by atoms with E-state index >= 15 is 0 Å². The average molecular weight is 511 g/mol. The van der Waals surface area contributed by atoms with Crippen LogP contribution in [0.5, 0.6) is 0 Å². The lowest BCUT2D eigenvalue weighted by molar-refractivity contribution is 1.17. The Hall–Kier alpha value is -5.48. The van der Waals surface area contributed by atoms with Gasteiger partial charge in [-0.15, -0.1) is 0 Å². The summed E-state index contributed by atoms with van der Waals surface area (Å²) in [5.41, 5.74) is 9.98. The molecule has 9 rings (SSSR count). The van der Waals surface area contributed by atoms with E-state index in [1.54, 1.807) is 0 Å². The Morgan fingerprint density at radius 1 is 0.525 bits per heavy atom. The molecule has 4 heteroatoms. The second-order valence-corrected chi connectivity index (χ2v) is 10.3. The maximum atomic E-state index is 5.17. The Bertz CT molecular complexity index is 2360. The first-order chi connectivity index (χ1) is 19.9. The number of rotatable bonds is 3. The highest BCUT2D eigenvalue weighted by molar-refractivity contribution is 6.30. The summed E-state index contributed by atoms with van der Waals surface area (Å²) in [5, 5.41) is 4.91. The quantitative estimate of drug-likeness (QED) is 0.238. The Balaban J connectivity index is 1.49. The van der Waals surface area contributed by atoms with E-state index in [2.05, 4.69) is 118 Å². The van der Waals surface area contributed by atoms with Crippen molar-refractivity contribution in [3.63, 3.8) is 0 Å². The van der Waals surface area contributed by atoms with E-state index in [0.29, 0.717) is 0 Å². The van der Waals surface area contributed by atoms with Crippen molar-refractivity contribution in [3.05, 3.63) is 134 Å². The van der Waals surface area contributed by atoms with Crippen LogP contribution in [0.4, 0.5) is 0 Å². The van der Waals surface area contributed by atoms with E-state index < -0.39 is 0 Å². The SMILES string of the molecule is c1ccc(-c2cccc(-n3c4cccc5c6ccccc6n6c(-c7ccccn7)nc7ccc3c(c54)c76)c2)cc1. The fourth-order valence-electron chi connectivity index (χ4n) is 6.46. The van der Waals surface area contributed by atoms with Crippen molar-refractivity contribution in [2.75, 3.05) is 0 Å². The molecular weight excluding hydrogens is 488 g/mol. The van der Waals surface area contributed by atoms with Gasteiger partial charge in [-0.3, -0.25) is 9.38 Å². The van der Waals surface area contributed by atoms with Crippen LogP contribution in [0.2, 0.25) is 0 Å². The molecule has 0 saturated carbocycles. The molecule has 0 spiro atoms. The minimum atomic E-state index is 0.857. The van der Waals surface area contributed by atoms with Gasteiger partial charge >= 0.3 is 0 Å². The number of hydrogen-bond donors (Lipinski definition) is 0. The lowest BCUT2D eigenvalue weighted by Crippen LogP contribution is -1.95. The monoisotopic (exact) mass is 510 g/mol. The van der Waals surface area contributed by atoms with Crippen molar-refractivity contribution < 1.29 is 0 Å². The van der Waals surface area contributed by atoms with Crippen LogP contribution in [0, 0.1) is 0 Å². The highest BCUT2D eigenvalue weighted by Crippen LogP contribution is 2.43. The highest BCUT2D eigenvalue weighted by Gasteiger charge is 2.23. The first-order valence-electron chi connectivity index (χ1n) is 13.5. The zero-order valence-electron chi connectivity index (χ0n) is 21.5. The van der Waals surface area contributed by atoms with Gasteiger partial charge in [0.15, 0.2) is 5.82 Å². The largest absolute Gasteiger partial charge is 0.309 e. The van der Waals surface area contributed by atoms with Gasteiger partial charge in [0, 0.05) is 28.0 Å². The lowest BCUT2D eigenvalue weighted by atomic mass is 10.0. The summed E-state index contributed by atoms with van der Waals surface area (Å²) in [6, 6.07) is 45.2. The summed E-state index contributed by atoms with van der Waals surface area (Å²) >= 11 is 0. The Morgan fingerprint density at radius 2 is 1.27 bits per heavy atom. The van der Waals surface area contributed by atoms with Gasteiger partial charge in [-0.1, -0.05) is 78.9 Å². The lowest BCUT2D eigenvalue weighted by Gasteiger charge is -2.11. The van der Waals surface area contributed by atoms with E-state index in [0.717, 1.165) is 33.8 Å². The van der Waals surface area contributed by atoms with Crippen molar-refractivity contribution in [3.8, 4) is 28.3 Å². The van der Waals surface area contributed by atoms with Crippen molar-refractivity contribution in [1.29, 1.82) is 0 Å². The minimum absolute atomic E-state index is 0.857. The predicted molar refractivity (Wildman–Crippen MR) is 164 cm³/mol. The van der Waals surface area contributed by atoms with Gasteiger partial charge in [-0.2, -0.15) is 0 Å². The molecule has 0 radical (unpaired) electrons. The van der Waals surface area contributed by atoms with Crippen LogP contribution in [0.25, 0.3) is 77.5 Å². The molecule has 0 bridgehead atoms.